The average Bonchev–Trinajstić information content (AvgIpc) is 2.57. The summed E-state index contributed by atoms with van der Waals surface area (Å²) >= 11 is 0. The number of hydrogen-bond acceptors (Lipinski definition) is 3. The molecular weight excluding hydrogens is 286 g/mol. The Balaban J connectivity index is 2.14. The summed E-state index contributed by atoms with van der Waals surface area (Å²) in [6.45, 7) is 4.83. The van der Waals surface area contributed by atoms with Crippen molar-refractivity contribution in [3.05, 3.63) is 59.2 Å². The highest BCUT2D eigenvalue weighted by Gasteiger charge is 2.12. The van der Waals surface area contributed by atoms with Gasteiger partial charge in [0, 0.05) is 6.04 Å². The largest absolute Gasteiger partial charge is 0.493 e. The summed E-state index contributed by atoms with van der Waals surface area (Å²) in [4.78, 5) is 0. The predicted octanol–water partition coefficient (Wildman–Crippen LogP) is 4.12. The van der Waals surface area contributed by atoms with Crippen LogP contribution in [0.4, 0.5) is 0 Å². The first-order valence-corrected chi connectivity index (χ1v) is 8.15. The Kier molecular flexibility index (Phi) is 6.48. The normalized spacial score (nSPS) is 12.0. The number of rotatable bonds is 8. The second-order valence-electron chi connectivity index (χ2n) is 5.95. The van der Waals surface area contributed by atoms with Gasteiger partial charge in [0.25, 0.3) is 0 Å². The van der Waals surface area contributed by atoms with Crippen molar-refractivity contribution in [3.63, 3.8) is 0 Å². The summed E-state index contributed by atoms with van der Waals surface area (Å²) in [6.07, 6.45) is 2.02. The van der Waals surface area contributed by atoms with E-state index in [1.165, 1.54) is 16.7 Å². The van der Waals surface area contributed by atoms with E-state index < -0.39 is 0 Å². The van der Waals surface area contributed by atoms with Gasteiger partial charge in [-0.25, -0.2) is 0 Å². The Morgan fingerprint density at radius 1 is 1.13 bits per heavy atom. The van der Waals surface area contributed by atoms with Gasteiger partial charge in [0.05, 0.1) is 7.11 Å². The van der Waals surface area contributed by atoms with E-state index in [9.17, 15) is 0 Å². The van der Waals surface area contributed by atoms with E-state index in [4.69, 9.17) is 9.47 Å². The third-order valence-corrected chi connectivity index (χ3v) is 4.09. The van der Waals surface area contributed by atoms with Crippen LogP contribution >= 0.6 is 0 Å². The van der Waals surface area contributed by atoms with Gasteiger partial charge < -0.3 is 14.8 Å². The first kappa shape index (κ1) is 17.4. The first-order valence-electron chi connectivity index (χ1n) is 8.15. The van der Waals surface area contributed by atoms with Gasteiger partial charge in [-0.05, 0) is 50.9 Å². The number of aryl methyl sites for hydroxylation is 2. The van der Waals surface area contributed by atoms with Gasteiger partial charge in [0.1, 0.15) is 6.61 Å². The third-order valence-electron chi connectivity index (χ3n) is 4.09. The molecule has 0 bridgehead atoms. The lowest BCUT2D eigenvalue weighted by atomic mass is 10.0. The summed E-state index contributed by atoms with van der Waals surface area (Å²) in [5, 5.41) is 3.28. The van der Waals surface area contributed by atoms with Crippen molar-refractivity contribution < 1.29 is 9.47 Å². The van der Waals surface area contributed by atoms with E-state index in [2.05, 4.69) is 49.5 Å². The number of ether oxygens (including phenoxy) is 2. The monoisotopic (exact) mass is 313 g/mol. The van der Waals surface area contributed by atoms with Crippen LogP contribution in [-0.2, 0) is 13.0 Å². The average molecular weight is 313 g/mol. The molecule has 23 heavy (non-hydrogen) atoms. The molecule has 2 aromatic rings. The summed E-state index contributed by atoms with van der Waals surface area (Å²) in [6, 6.07) is 15.0. The molecule has 0 saturated carbocycles. The van der Waals surface area contributed by atoms with Gasteiger partial charge in [-0.1, -0.05) is 42.0 Å². The molecule has 0 aliphatic carbocycles. The van der Waals surface area contributed by atoms with Crippen LogP contribution in [0.3, 0.4) is 0 Å². The van der Waals surface area contributed by atoms with Crippen LogP contribution in [0.15, 0.2) is 42.5 Å². The summed E-state index contributed by atoms with van der Waals surface area (Å²) in [5.74, 6) is 1.66. The van der Waals surface area contributed by atoms with Crippen LogP contribution in [0.5, 0.6) is 11.5 Å². The lowest BCUT2D eigenvalue weighted by molar-refractivity contribution is 0.281. The fourth-order valence-electron chi connectivity index (χ4n) is 2.56. The van der Waals surface area contributed by atoms with Gasteiger partial charge in [0.2, 0.25) is 0 Å². The van der Waals surface area contributed by atoms with Crippen molar-refractivity contribution in [1.29, 1.82) is 0 Å². The smallest absolute Gasteiger partial charge is 0.164 e. The zero-order valence-corrected chi connectivity index (χ0v) is 14.6. The van der Waals surface area contributed by atoms with Crippen molar-refractivity contribution in [2.75, 3.05) is 14.2 Å². The lowest BCUT2D eigenvalue weighted by Gasteiger charge is -2.17. The summed E-state index contributed by atoms with van der Waals surface area (Å²) in [5.41, 5.74) is 3.61. The maximum atomic E-state index is 6.12. The van der Waals surface area contributed by atoms with Crippen molar-refractivity contribution in [1.82, 2.24) is 5.32 Å². The van der Waals surface area contributed by atoms with E-state index in [1.807, 2.05) is 19.2 Å². The topological polar surface area (TPSA) is 30.5 Å². The van der Waals surface area contributed by atoms with Gasteiger partial charge in [0.15, 0.2) is 11.5 Å². The van der Waals surface area contributed by atoms with Crippen LogP contribution in [-0.4, -0.2) is 20.2 Å². The molecule has 2 aromatic carbocycles. The van der Waals surface area contributed by atoms with Crippen molar-refractivity contribution in [2.45, 2.75) is 39.3 Å². The second-order valence-corrected chi connectivity index (χ2v) is 5.95. The molecule has 0 fully saturated rings. The second kappa shape index (κ2) is 8.59. The Morgan fingerprint density at radius 3 is 2.61 bits per heavy atom. The Morgan fingerprint density at radius 2 is 1.91 bits per heavy atom. The van der Waals surface area contributed by atoms with E-state index >= 15 is 0 Å². The number of para-hydroxylation sites is 1. The standard InChI is InChI=1S/C20H27NO2/c1-15-7-5-8-17(13-15)14-23-20-18(12-11-16(2)21-3)9-6-10-19(20)22-4/h5-10,13,16,21H,11-12,14H2,1-4H3. The minimum atomic E-state index is 0.478. The summed E-state index contributed by atoms with van der Waals surface area (Å²) < 4.78 is 11.6. The molecule has 2 rings (SSSR count). The maximum absolute atomic E-state index is 6.12. The molecule has 3 heteroatoms. The molecule has 0 aliphatic heterocycles. The number of methoxy groups -OCH3 is 1. The molecule has 124 valence electrons. The van der Waals surface area contributed by atoms with E-state index in [-0.39, 0.29) is 0 Å². The number of benzene rings is 2. The van der Waals surface area contributed by atoms with Gasteiger partial charge in [-0.3, -0.25) is 0 Å². The predicted molar refractivity (Wildman–Crippen MR) is 95.3 cm³/mol. The molecule has 0 amide bonds. The fourth-order valence-corrected chi connectivity index (χ4v) is 2.56. The minimum absolute atomic E-state index is 0.478. The maximum Gasteiger partial charge on any atom is 0.164 e. The highest BCUT2D eigenvalue weighted by atomic mass is 16.5. The zero-order chi connectivity index (χ0) is 16.7. The van der Waals surface area contributed by atoms with Crippen molar-refractivity contribution in [2.24, 2.45) is 0 Å². The van der Waals surface area contributed by atoms with E-state index in [0.29, 0.717) is 12.6 Å². The van der Waals surface area contributed by atoms with Gasteiger partial charge in [-0.15, -0.1) is 0 Å². The zero-order valence-electron chi connectivity index (χ0n) is 14.6. The minimum Gasteiger partial charge on any atom is -0.493 e. The fraction of sp³-hybridized carbons (Fsp3) is 0.400. The molecule has 0 saturated heterocycles. The van der Waals surface area contributed by atoms with Crippen LogP contribution in [0.25, 0.3) is 0 Å². The lowest BCUT2D eigenvalue weighted by Crippen LogP contribution is -2.21. The SMILES string of the molecule is CNC(C)CCc1cccc(OC)c1OCc1cccc(C)c1. The molecule has 0 aromatic heterocycles. The Labute approximate surface area is 139 Å². The molecule has 0 aliphatic rings. The van der Waals surface area contributed by atoms with Crippen LogP contribution in [0, 0.1) is 6.92 Å². The number of hydrogen-bond donors (Lipinski definition) is 1. The molecular formula is C20H27NO2. The summed E-state index contributed by atoms with van der Waals surface area (Å²) in [7, 11) is 3.68. The van der Waals surface area contributed by atoms with Crippen LogP contribution < -0.4 is 14.8 Å². The third kappa shape index (κ3) is 5.00. The molecule has 0 spiro atoms. The quantitative estimate of drug-likeness (QED) is 0.795. The highest BCUT2D eigenvalue weighted by Crippen LogP contribution is 2.32. The first-order chi connectivity index (χ1) is 11.1. The highest BCUT2D eigenvalue weighted by molar-refractivity contribution is 5.47. The van der Waals surface area contributed by atoms with Gasteiger partial charge >= 0.3 is 0 Å². The van der Waals surface area contributed by atoms with Crippen LogP contribution in [0.2, 0.25) is 0 Å². The van der Waals surface area contributed by atoms with Crippen molar-refractivity contribution >= 4 is 0 Å². The van der Waals surface area contributed by atoms with E-state index in [0.717, 1.165) is 24.3 Å². The molecule has 1 atom stereocenters. The molecule has 0 heterocycles. The number of nitrogens with one attached hydrogen (secondary N) is 1. The van der Waals surface area contributed by atoms with Crippen molar-refractivity contribution in [3.8, 4) is 11.5 Å². The van der Waals surface area contributed by atoms with E-state index in [1.54, 1.807) is 7.11 Å². The van der Waals surface area contributed by atoms with Gasteiger partial charge in [-0.2, -0.15) is 0 Å². The molecule has 3 nitrogen and oxygen atoms in total. The Hall–Kier alpha value is -2.00. The Bertz CT molecular complexity index is 625. The van der Waals surface area contributed by atoms with Crippen LogP contribution in [0.1, 0.15) is 30.0 Å². The molecule has 1 N–H and O–H groups in total. The molecule has 0 radical (unpaired) electrons. The molecule has 1 unspecified atom stereocenters.